The van der Waals surface area contributed by atoms with Gasteiger partial charge in [-0.2, -0.15) is 5.10 Å². The van der Waals surface area contributed by atoms with Crippen LogP contribution in [-0.2, 0) is 11.2 Å². The molecule has 1 aliphatic carbocycles. The van der Waals surface area contributed by atoms with Gasteiger partial charge in [-0.1, -0.05) is 6.07 Å². The van der Waals surface area contributed by atoms with Crippen molar-refractivity contribution in [2.24, 2.45) is 0 Å². The van der Waals surface area contributed by atoms with Crippen LogP contribution in [0.2, 0.25) is 0 Å². The van der Waals surface area contributed by atoms with E-state index in [4.69, 9.17) is 10.1 Å². The molecule has 0 amide bonds. The Kier molecular flexibility index (Phi) is 3.56. The first-order chi connectivity index (χ1) is 10.2. The number of carbonyl (C=O) groups is 1. The lowest BCUT2D eigenvalue weighted by Gasteiger charge is -2.14. The van der Waals surface area contributed by atoms with Gasteiger partial charge in [-0.3, -0.25) is 10.2 Å². The predicted octanol–water partition coefficient (Wildman–Crippen LogP) is 2.75. The van der Waals surface area contributed by atoms with E-state index < -0.39 is 0 Å². The van der Waals surface area contributed by atoms with Crippen LogP contribution in [0.15, 0.2) is 30.5 Å². The first kappa shape index (κ1) is 13.5. The second-order valence-electron chi connectivity index (χ2n) is 5.01. The van der Waals surface area contributed by atoms with Gasteiger partial charge in [0.1, 0.15) is 0 Å². The largest absolute Gasteiger partial charge is 0.478 e. The summed E-state index contributed by atoms with van der Waals surface area (Å²) >= 11 is 0. The number of carbonyl (C=O) groups excluding carboxylic acids is 1. The minimum atomic E-state index is 0.149. The highest BCUT2D eigenvalue weighted by atomic mass is 16.5. The van der Waals surface area contributed by atoms with Crippen molar-refractivity contribution >= 4 is 11.7 Å². The molecule has 108 valence electrons. The van der Waals surface area contributed by atoms with Crippen molar-refractivity contribution < 1.29 is 9.53 Å². The summed E-state index contributed by atoms with van der Waals surface area (Å²) in [5.41, 5.74) is 3.26. The summed E-state index contributed by atoms with van der Waals surface area (Å²) in [5, 5.41) is 12.2. The fourth-order valence-electron chi connectivity index (χ4n) is 2.63. The van der Waals surface area contributed by atoms with E-state index in [9.17, 15) is 4.79 Å². The van der Waals surface area contributed by atoms with Crippen LogP contribution >= 0.6 is 0 Å². The van der Waals surface area contributed by atoms with Crippen LogP contribution in [0.1, 0.15) is 41.4 Å². The molecule has 1 aromatic carbocycles. The molecular weight excluding hydrogens is 266 g/mol. The van der Waals surface area contributed by atoms with Gasteiger partial charge < -0.3 is 4.74 Å². The highest BCUT2D eigenvalue weighted by Gasteiger charge is 2.22. The van der Waals surface area contributed by atoms with Crippen LogP contribution in [-0.4, -0.2) is 28.1 Å². The Labute approximate surface area is 123 Å². The van der Waals surface area contributed by atoms with Crippen molar-refractivity contribution in [1.82, 2.24) is 9.78 Å². The number of fused-ring (bicyclic) bond motifs is 1. The van der Waals surface area contributed by atoms with E-state index >= 15 is 0 Å². The summed E-state index contributed by atoms with van der Waals surface area (Å²) in [4.78, 5) is 11.9. The number of aromatic nitrogens is 2. The normalized spacial score (nSPS) is 13.9. The molecule has 0 saturated heterocycles. The van der Waals surface area contributed by atoms with Gasteiger partial charge in [-0.15, -0.1) is 0 Å². The summed E-state index contributed by atoms with van der Waals surface area (Å²) in [7, 11) is 0. The average molecular weight is 283 g/mol. The average Bonchev–Trinajstić information content (AvgIpc) is 2.93. The molecule has 1 aromatic heterocycles. The SMILES string of the molecule is CCOC(=N)c1cccc(-n2ncc3c2CCCC3=O)c1. The third kappa shape index (κ3) is 2.46. The van der Waals surface area contributed by atoms with Gasteiger partial charge in [0.15, 0.2) is 5.78 Å². The Morgan fingerprint density at radius 2 is 2.29 bits per heavy atom. The number of hydrogen-bond donors (Lipinski definition) is 1. The topological polar surface area (TPSA) is 68.0 Å². The second-order valence-corrected chi connectivity index (χ2v) is 5.01. The molecule has 0 unspecified atom stereocenters. The van der Waals surface area contributed by atoms with Crippen molar-refractivity contribution in [3.8, 4) is 5.69 Å². The third-order valence-corrected chi connectivity index (χ3v) is 3.63. The van der Waals surface area contributed by atoms with Crippen LogP contribution in [0.3, 0.4) is 0 Å². The lowest BCUT2D eigenvalue weighted by molar-refractivity contribution is 0.0972. The highest BCUT2D eigenvalue weighted by molar-refractivity contribution is 5.98. The lowest BCUT2D eigenvalue weighted by atomic mass is 9.97. The minimum Gasteiger partial charge on any atom is -0.478 e. The number of nitrogens with zero attached hydrogens (tertiary/aromatic N) is 2. The Hall–Kier alpha value is -2.43. The molecule has 0 bridgehead atoms. The zero-order chi connectivity index (χ0) is 14.8. The maximum atomic E-state index is 11.9. The fraction of sp³-hybridized carbons (Fsp3) is 0.312. The molecule has 1 aliphatic rings. The summed E-state index contributed by atoms with van der Waals surface area (Å²) in [6, 6.07) is 7.50. The smallest absolute Gasteiger partial charge is 0.213 e. The summed E-state index contributed by atoms with van der Waals surface area (Å²) in [5.74, 6) is 0.317. The molecule has 3 rings (SSSR count). The fourth-order valence-corrected chi connectivity index (χ4v) is 2.63. The van der Waals surface area contributed by atoms with Gasteiger partial charge in [0, 0.05) is 12.0 Å². The molecule has 0 spiro atoms. The molecule has 21 heavy (non-hydrogen) atoms. The Balaban J connectivity index is 2.00. The van der Waals surface area contributed by atoms with Crippen molar-refractivity contribution in [2.45, 2.75) is 26.2 Å². The molecule has 5 nitrogen and oxygen atoms in total. The van der Waals surface area contributed by atoms with Crippen LogP contribution in [0.25, 0.3) is 5.69 Å². The molecule has 0 aliphatic heterocycles. The molecule has 0 fully saturated rings. The number of benzene rings is 1. The van der Waals surface area contributed by atoms with E-state index in [-0.39, 0.29) is 11.7 Å². The van der Waals surface area contributed by atoms with Gasteiger partial charge in [0.05, 0.1) is 29.7 Å². The van der Waals surface area contributed by atoms with Crippen molar-refractivity contribution in [3.05, 3.63) is 47.3 Å². The number of ether oxygens (including phenoxy) is 1. The molecule has 0 radical (unpaired) electrons. The summed E-state index contributed by atoms with van der Waals surface area (Å²) in [6.45, 7) is 2.32. The molecule has 1 N–H and O–H groups in total. The van der Waals surface area contributed by atoms with E-state index in [1.54, 1.807) is 10.9 Å². The number of Topliss-reactive ketones (excluding diaryl/α,β-unsaturated/α-hetero) is 1. The molecule has 2 aromatic rings. The maximum absolute atomic E-state index is 11.9. The molecule has 0 atom stereocenters. The van der Waals surface area contributed by atoms with Gasteiger partial charge in [-0.05, 0) is 38.0 Å². The zero-order valence-corrected chi connectivity index (χ0v) is 11.9. The maximum Gasteiger partial charge on any atom is 0.213 e. The van der Waals surface area contributed by atoms with Gasteiger partial charge in [-0.25, -0.2) is 4.68 Å². The minimum absolute atomic E-state index is 0.149. The quantitative estimate of drug-likeness (QED) is 0.695. The first-order valence-corrected chi connectivity index (χ1v) is 7.13. The summed E-state index contributed by atoms with van der Waals surface area (Å²) < 4.78 is 7.03. The van der Waals surface area contributed by atoms with Crippen molar-refractivity contribution in [2.75, 3.05) is 6.61 Å². The number of hydrogen-bond acceptors (Lipinski definition) is 4. The molecule has 1 heterocycles. The Morgan fingerprint density at radius 1 is 1.43 bits per heavy atom. The Morgan fingerprint density at radius 3 is 3.10 bits per heavy atom. The van der Waals surface area contributed by atoms with Crippen LogP contribution in [0.5, 0.6) is 0 Å². The predicted molar refractivity (Wildman–Crippen MR) is 79.3 cm³/mol. The van der Waals surface area contributed by atoms with Gasteiger partial charge in [0.25, 0.3) is 0 Å². The van der Waals surface area contributed by atoms with E-state index in [0.717, 1.165) is 29.8 Å². The first-order valence-electron chi connectivity index (χ1n) is 7.13. The number of nitrogens with one attached hydrogen (secondary N) is 1. The molecule has 5 heteroatoms. The molecular formula is C16H17N3O2. The monoisotopic (exact) mass is 283 g/mol. The van der Waals surface area contributed by atoms with E-state index in [1.807, 2.05) is 31.2 Å². The van der Waals surface area contributed by atoms with Crippen molar-refractivity contribution in [3.63, 3.8) is 0 Å². The van der Waals surface area contributed by atoms with Crippen LogP contribution < -0.4 is 0 Å². The van der Waals surface area contributed by atoms with E-state index in [0.29, 0.717) is 18.6 Å². The van der Waals surface area contributed by atoms with Crippen molar-refractivity contribution in [1.29, 1.82) is 5.41 Å². The zero-order valence-electron chi connectivity index (χ0n) is 11.9. The van der Waals surface area contributed by atoms with E-state index in [1.165, 1.54) is 0 Å². The number of ketones is 1. The van der Waals surface area contributed by atoms with Gasteiger partial charge >= 0.3 is 0 Å². The standard InChI is InChI=1S/C16H17N3O2/c1-2-21-16(17)11-5-3-6-12(9-11)19-14-7-4-8-15(20)13(14)10-18-19/h3,5-6,9-10,17H,2,4,7-8H2,1H3. The van der Waals surface area contributed by atoms with Crippen LogP contribution in [0, 0.1) is 5.41 Å². The Bertz CT molecular complexity index is 703. The molecule has 0 saturated carbocycles. The highest BCUT2D eigenvalue weighted by Crippen LogP contribution is 2.24. The lowest BCUT2D eigenvalue weighted by Crippen LogP contribution is -2.13. The second kappa shape index (κ2) is 5.52. The summed E-state index contributed by atoms with van der Waals surface area (Å²) in [6.07, 6.45) is 3.98. The number of rotatable bonds is 3. The van der Waals surface area contributed by atoms with Crippen LogP contribution in [0.4, 0.5) is 0 Å². The third-order valence-electron chi connectivity index (χ3n) is 3.63. The van der Waals surface area contributed by atoms with E-state index in [2.05, 4.69) is 5.10 Å². The van der Waals surface area contributed by atoms with Gasteiger partial charge in [0.2, 0.25) is 5.90 Å².